The number of fused-ring (bicyclic) bond motifs is 11. The molecule has 1 fully saturated rings. The summed E-state index contributed by atoms with van der Waals surface area (Å²) < 4.78 is 1.24. The Hall–Kier alpha value is -5.12. The molecule has 2 aromatic heterocycles. The third kappa shape index (κ3) is 4.23. The Morgan fingerprint density at radius 1 is 0.654 bits per heavy atom. The summed E-state index contributed by atoms with van der Waals surface area (Å²) in [4.78, 5) is 11.5. The van der Waals surface area contributed by atoms with E-state index < -0.39 is 0 Å². The molecule has 1 spiro atoms. The number of aromatic nitrogens is 2. The molecule has 2 atom stereocenters. The van der Waals surface area contributed by atoms with Crippen molar-refractivity contribution in [1.82, 2.24) is 9.97 Å². The van der Waals surface area contributed by atoms with E-state index in [0.29, 0.717) is 11.8 Å². The fourth-order valence-corrected chi connectivity index (χ4v) is 11.7. The number of thiophene rings is 1. The minimum absolute atomic E-state index is 0.0110. The highest BCUT2D eigenvalue weighted by Gasteiger charge is 2.54. The topological polar surface area (TPSA) is 25.8 Å². The largest absolute Gasteiger partial charge is 0.227 e. The summed E-state index contributed by atoms with van der Waals surface area (Å²) in [5.41, 5.74) is 15.2. The molecule has 52 heavy (non-hydrogen) atoms. The molecule has 2 nitrogen and oxygen atoms in total. The van der Waals surface area contributed by atoms with Gasteiger partial charge in [-0.3, -0.25) is 0 Å². The van der Waals surface area contributed by atoms with E-state index >= 15 is 0 Å². The van der Waals surface area contributed by atoms with Gasteiger partial charge in [0.25, 0.3) is 0 Å². The summed E-state index contributed by atoms with van der Waals surface area (Å²) >= 11 is 1.76. The van der Waals surface area contributed by atoms with Crippen molar-refractivity contribution in [1.29, 1.82) is 0 Å². The molecule has 7 aromatic rings. The average Bonchev–Trinajstić information content (AvgIpc) is 3.78. The lowest BCUT2D eigenvalue weighted by molar-refractivity contribution is 0.235. The second-order valence-corrected chi connectivity index (χ2v) is 17.0. The van der Waals surface area contributed by atoms with Crippen molar-refractivity contribution < 1.29 is 0 Å². The molecular weight excluding hydrogens is 649 g/mol. The van der Waals surface area contributed by atoms with Gasteiger partial charge in [-0.05, 0) is 75.4 Å². The second-order valence-electron chi connectivity index (χ2n) is 16.0. The molecular formula is C49H40N2S. The van der Waals surface area contributed by atoms with E-state index in [1.54, 1.807) is 22.5 Å². The number of hydrogen-bond donors (Lipinski definition) is 0. The van der Waals surface area contributed by atoms with Crippen molar-refractivity contribution in [3.63, 3.8) is 0 Å². The highest BCUT2D eigenvalue weighted by atomic mass is 32.1. The molecule has 1 saturated carbocycles. The maximum Gasteiger partial charge on any atom is 0.161 e. The van der Waals surface area contributed by atoms with Crippen LogP contribution in [0.3, 0.4) is 0 Å². The Labute approximate surface area is 309 Å². The van der Waals surface area contributed by atoms with E-state index in [9.17, 15) is 0 Å². The molecule has 0 radical (unpaired) electrons. The minimum Gasteiger partial charge on any atom is -0.227 e. The maximum absolute atomic E-state index is 5.28. The van der Waals surface area contributed by atoms with Gasteiger partial charge in [0.2, 0.25) is 0 Å². The van der Waals surface area contributed by atoms with Crippen LogP contribution < -0.4 is 0 Å². The third-order valence-electron chi connectivity index (χ3n) is 13.1. The molecule has 0 aliphatic heterocycles. The van der Waals surface area contributed by atoms with Crippen molar-refractivity contribution in [2.24, 2.45) is 5.92 Å². The molecule has 252 valence electrons. The first-order valence-electron chi connectivity index (χ1n) is 19.0. The molecule has 4 aliphatic rings. The van der Waals surface area contributed by atoms with E-state index in [2.05, 4.69) is 147 Å². The fourth-order valence-electron chi connectivity index (χ4n) is 10.6. The highest BCUT2D eigenvalue weighted by Crippen LogP contribution is 2.64. The standard InChI is InChI=1S/C49H40N2S/c1-48(2)38-19-9-7-16-34(38)36-28-41-37(29-40(36)48)43-33(18-13-20-39(43)49(41)26-11-4-12-27-49)30-22-24-32(25-23-30)46-50-45(31-14-5-3-6-15-31)44-35-17-8-10-21-42(35)52-47(44)51-46/h3,5-10,13-25,28-29,39,43H,4,11-12,26-27H2,1-2H3. The van der Waals surface area contributed by atoms with Gasteiger partial charge in [-0.2, -0.15) is 0 Å². The van der Waals surface area contributed by atoms with Gasteiger partial charge in [-0.1, -0.05) is 154 Å². The van der Waals surface area contributed by atoms with E-state index in [4.69, 9.17) is 9.97 Å². The second kappa shape index (κ2) is 11.2. The number of hydrogen-bond acceptors (Lipinski definition) is 3. The summed E-state index contributed by atoms with van der Waals surface area (Å²) in [6, 6.07) is 42.8. The quantitative estimate of drug-likeness (QED) is 0.185. The molecule has 0 amide bonds. The van der Waals surface area contributed by atoms with Gasteiger partial charge in [0.1, 0.15) is 4.83 Å². The van der Waals surface area contributed by atoms with Gasteiger partial charge < -0.3 is 0 Å². The van der Waals surface area contributed by atoms with Crippen LogP contribution in [-0.4, -0.2) is 9.97 Å². The van der Waals surface area contributed by atoms with Gasteiger partial charge in [-0.15, -0.1) is 11.3 Å². The lowest BCUT2D eigenvalue weighted by Gasteiger charge is -2.41. The number of nitrogens with zero attached hydrogens (tertiary/aromatic N) is 2. The highest BCUT2D eigenvalue weighted by molar-refractivity contribution is 7.25. The van der Waals surface area contributed by atoms with Crippen LogP contribution in [0.1, 0.15) is 79.7 Å². The Kier molecular flexibility index (Phi) is 6.56. The predicted octanol–water partition coefficient (Wildman–Crippen LogP) is 13.1. The Balaban J connectivity index is 1.03. The first-order chi connectivity index (χ1) is 25.5. The smallest absolute Gasteiger partial charge is 0.161 e. The molecule has 0 saturated heterocycles. The van der Waals surface area contributed by atoms with Crippen LogP contribution in [0.15, 0.2) is 133 Å². The predicted molar refractivity (Wildman–Crippen MR) is 218 cm³/mol. The Bertz CT molecular complexity index is 2630. The van der Waals surface area contributed by atoms with Gasteiger partial charge >= 0.3 is 0 Å². The van der Waals surface area contributed by atoms with Gasteiger partial charge in [0, 0.05) is 43.3 Å². The van der Waals surface area contributed by atoms with Crippen LogP contribution in [0, 0.1) is 5.92 Å². The first kappa shape index (κ1) is 30.5. The monoisotopic (exact) mass is 688 g/mol. The number of rotatable bonds is 3. The summed E-state index contributed by atoms with van der Waals surface area (Å²) in [7, 11) is 0. The maximum atomic E-state index is 5.28. The molecule has 3 heteroatoms. The molecule has 0 N–H and O–H groups in total. The molecule has 11 rings (SSSR count). The minimum atomic E-state index is -0.0110. The van der Waals surface area contributed by atoms with Gasteiger partial charge in [-0.25, -0.2) is 9.97 Å². The summed E-state index contributed by atoms with van der Waals surface area (Å²) in [6.07, 6.45) is 13.9. The van der Waals surface area contributed by atoms with Crippen molar-refractivity contribution in [3.05, 3.63) is 161 Å². The van der Waals surface area contributed by atoms with Gasteiger partial charge in [0.05, 0.1) is 5.69 Å². The molecule has 0 bridgehead atoms. The number of benzene rings is 5. The van der Waals surface area contributed by atoms with Crippen molar-refractivity contribution in [2.45, 2.75) is 62.7 Å². The zero-order chi connectivity index (χ0) is 34.6. The van der Waals surface area contributed by atoms with Crippen LogP contribution >= 0.6 is 11.3 Å². The lowest BCUT2D eigenvalue weighted by Crippen LogP contribution is -2.35. The van der Waals surface area contributed by atoms with E-state index in [1.807, 2.05) is 0 Å². The zero-order valence-electron chi connectivity index (χ0n) is 29.7. The van der Waals surface area contributed by atoms with Crippen LogP contribution in [0.25, 0.3) is 59.6 Å². The first-order valence-corrected chi connectivity index (χ1v) is 19.9. The van der Waals surface area contributed by atoms with Crippen molar-refractivity contribution in [3.8, 4) is 33.8 Å². The molecule has 4 aliphatic carbocycles. The lowest BCUT2D eigenvalue weighted by atomic mass is 9.62. The number of allylic oxidation sites excluding steroid dienone is 4. The van der Waals surface area contributed by atoms with Crippen molar-refractivity contribution >= 4 is 37.2 Å². The summed E-state index contributed by atoms with van der Waals surface area (Å²) in [5.74, 6) is 1.62. The average molecular weight is 689 g/mol. The van der Waals surface area contributed by atoms with Crippen LogP contribution in [0.4, 0.5) is 0 Å². The van der Waals surface area contributed by atoms with Crippen LogP contribution in [-0.2, 0) is 10.8 Å². The van der Waals surface area contributed by atoms with Crippen LogP contribution in [0.5, 0.6) is 0 Å². The van der Waals surface area contributed by atoms with Crippen molar-refractivity contribution in [2.75, 3.05) is 0 Å². The molecule has 2 heterocycles. The fraction of sp³-hybridized carbons (Fsp3) is 0.224. The van der Waals surface area contributed by atoms with Crippen LogP contribution in [0.2, 0.25) is 0 Å². The van der Waals surface area contributed by atoms with E-state index in [-0.39, 0.29) is 10.8 Å². The Morgan fingerprint density at radius 2 is 1.40 bits per heavy atom. The van der Waals surface area contributed by atoms with E-state index in [1.165, 1.54) is 75.6 Å². The molecule has 5 aromatic carbocycles. The summed E-state index contributed by atoms with van der Waals surface area (Å²) in [6.45, 7) is 4.84. The molecule has 2 unspecified atom stereocenters. The van der Waals surface area contributed by atoms with E-state index in [0.717, 1.165) is 32.9 Å². The SMILES string of the molecule is CC1(C)c2ccccc2-c2cc3c(cc21)C1C(c2ccc(-c4nc(-c5ccccc5)c5c(n4)sc4ccccc45)cc2)=CC=CC1C31CCCCC1. The summed E-state index contributed by atoms with van der Waals surface area (Å²) in [5, 5.41) is 2.37. The zero-order valence-corrected chi connectivity index (χ0v) is 30.5. The van der Waals surface area contributed by atoms with Gasteiger partial charge in [0.15, 0.2) is 5.82 Å². The third-order valence-corrected chi connectivity index (χ3v) is 14.1. The normalized spacial score (nSPS) is 20.5. The Morgan fingerprint density at radius 3 is 2.25 bits per heavy atom.